The lowest BCUT2D eigenvalue weighted by atomic mass is 9.91. The highest BCUT2D eigenvalue weighted by Gasteiger charge is 2.29. The highest BCUT2D eigenvalue weighted by molar-refractivity contribution is 5.89. The van der Waals surface area contributed by atoms with Crippen molar-refractivity contribution >= 4 is 16.9 Å². The summed E-state index contributed by atoms with van der Waals surface area (Å²) in [5.74, 6) is 0.598. The van der Waals surface area contributed by atoms with Crippen LogP contribution in [0.4, 0.5) is 5.82 Å². The van der Waals surface area contributed by atoms with Crippen molar-refractivity contribution in [1.29, 1.82) is 0 Å². The Balaban J connectivity index is 2.83. The number of nitrogens with one attached hydrogen (secondary N) is 1. The maximum Gasteiger partial charge on any atom is 0.182 e. The van der Waals surface area contributed by atoms with Gasteiger partial charge in [-0.15, -0.1) is 0 Å². The topological polar surface area (TPSA) is 72.5 Å². The van der Waals surface area contributed by atoms with Crippen LogP contribution in [0.2, 0.25) is 0 Å². The zero-order valence-corrected chi connectivity index (χ0v) is 11.4. The lowest BCUT2D eigenvalue weighted by molar-refractivity contribution is 0.357. The van der Waals surface area contributed by atoms with Crippen LogP contribution in [-0.2, 0) is 11.0 Å². The van der Waals surface area contributed by atoms with Gasteiger partial charge in [0.25, 0.3) is 0 Å². The van der Waals surface area contributed by atoms with Gasteiger partial charge in [0.15, 0.2) is 5.65 Å². The molecule has 2 aromatic heterocycles. The lowest BCUT2D eigenvalue weighted by Crippen LogP contribution is -2.24. The van der Waals surface area contributed by atoms with E-state index in [0.29, 0.717) is 5.82 Å². The molecule has 0 aliphatic heterocycles. The maximum atomic E-state index is 5.96. The van der Waals surface area contributed by atoms with Gasteiger partial charge in [-0.2, -0.15) is 10.2 Å². The molecule has 0 fully saturated rings. The minimum atomic E-state index is -0.108. The highest BCUT2D eigenvalue weighted by Crippen LogP contribution is 2.33. The number of hydrogen-bond acceptors (Lipinski definition) is 3. The minimum absolute atomic E-state index is 0.0489. The molecule has 2 rings (SSSR count). The summed E-state index contributed by atoms with van der Waals surface area (Å²) in [5.41, 5.74) is 7.63. The number of nitrogens with two attached hydrogens (primary N) is 1. The number of nitrogens with zero attached hydrogens (tertiary/aromatic N) is 3. The second-order valence-electron chi connectivity index (χ2n) is 6.52. The van der Waals surface area contributed by atoms with Crippen molar-refractivity contribution in [2.75, 3.05) is 5.73 Å². The molecular formula is C12H21N5. The SMILES string of the molecule is CC(C)(C)c1nn(C(C)(C)C)c2n[nH]c(N)c12. The summed E-state index contributed by atoms with van der Waals surface area (Å²) in [4.78, 5) is 0. The molecule has 0 aliphatic carbocycles. The van der Waals surface area contributed by atoms with Gasteiger partial charge < -0.3 is 5.73 Å². The van der Waals surface area contributed by atoms with Crippen molar-refractivity contribution in [3.05, 3.63) is 5.69 Å². The fourth-order valence-electron chi connectivity index (χ4n) is 1.92. The fraction of sp³-hybridized carbons (Fsp3) is 0.667. The second-order valence-corrected chi connectivity index (χ2v) is 6.52. The lowest BCUT2D eigenvalue weighted by Gasteiger charge is -2.20. The molecule has 0 aromatic carbocycles. The molecule has 0 amide bonds. The summed E-state index contributed by atoms with van der Waals surface area (Å²) in [6.07, 6.45) is 0. The molecule has 2 heterocycles. The Kier molecular flexibility index (Phi) is 2.28. The number of H-pyrrole nitrogens is 1. The highest BCUT2D eigenvalue weighted by atomic mass is 15.4. The van der Waals surface area contributed by atoms with Crippen LogP contribution in [-0.4, -0.2) is 20.0 Å². The van der Waals surface area contributed by atoms with Crippen LogP contribution in [0.15, 0.2) is 0 Å². The Morgan fingerprint density at radius 3 is 2.18 bits per heavy atom. The molecule has 94 valence electrons. The number of fused-ring (bicyclic) bond motifs is 1. The van der Waals surface area contributed by atoms with Gasteiger partial charge in [0.05, 0.1) is 16.6 Å². The second kappa shape index (κ2) is 3.24. The number of aromatic amines is 1. The molecule has 2 aromatic rings. The predicted octanol–water partition coefficient (Wildman–Crippen LogP) is 2.39. The number of aromatic nitrogens is 4. The number of rotatable bonds is 0. The monoisotopic (exact) mass is 235 g/mol. The first-order chi connectivity index (χ1) is 7.62. The molecule has 0 radical (unpaired) electrons. The van der Waals surface area contributed by atoms with E-state index in [2.05, 4.69) is 51.7 Å². The van der Waals surface area contributed by atoms with Crippen LogP contribution in [0.1, 0.15) is 47.2 Å². The van der Waals surface area contributed by atoms with Gasteiger partial charge in [-0.05, 0) is 20.8 Å². The van der Waals surface area contributed by atoms with E-state index in [-0.39, 0.29) is 11.0 Å². The third-order valence-corrected chi connectivity index (χ3v) is 2.76. The standard InChI is InChI=1S/C12H21N5/c1-11(2,3)8-7-9(13)14-15-10(7)17(16-8)12(4,5)6/h1-6H3,(H3,13,14,15). The van der Waals surface area contributed by atoms with Crippen molar-refractivity contribution < 1.29 is 0 Å². The van der Waals surface area contributed by atoms with E-state index in [0.717, 1.165) is 16.7 Å². The summed E-state index contributed by atoms with van der Waals surface area (Å²) in [5, 5.41) is 12.8. The van der Waals surface area contributed by atoms with E-state index in [4.69, 9.17) is 10.8 Å². The molecule has 3 N–H and O–H groups in total. The summed E-state index contributed by atoms with van der Waals surface area (Å²) >= 11 is 0. The average Bonchev–Trinajstić information content (AvgIpc) is 2.63. The maximum absolute atomic E-state index is 5.96. The average molecular weight is 235 g/mol. The third kappa shape index (κ3) is 1.79. The van der Waals surface area contributed by atoms with Crippen LogP contribution in [0.25, 0.3) is 11.0 Å². The van der Waals surface area contributed by atoms with Gasteiger partial charge in [0, 0.05) is 5.41 Å². The van der Waals surface area contributed by atoms with Gasteiger partial charge in [0.1, 0.15) is 5.82 Å². The van der Waals surface area contributed by atoms with Crippen LogP contribution in [0.5, 0.6) is 0 Å². The normalized spacial score (nSPS) is 13.5. The van der Waals surface area contributed by atoms with Gasteiger partial charge in [-0.3, -0.25) is 5.10 Å². The molecule has 0 saturated carbocycles. The summed E-state index contributed by atoms with van der Waals surface area (Å²) in [7, 11) is 0. The molecule has 5 nitrogen and oxygen atoms in total. The van der Waals surface area contributed by atoms with Crippen molar-refractivity contribution in [2.45, 2.75) is 52.5 Å². The smallest absolute Gasteiger partial charge is 0.182 e. The van der Waals surface area contributed by atoms with Crippen LogP contribution in [0, 0.1) is 0 Å². The molecule has 0 unspecified atom stereocenters. The van der Waals surface area contributed by atoms with Crippen molar-refractivity contribution in [3.63, 3.8) is 0 Å². The molecule has 0 aliphatic rings. The van der Waals surface area contributed by atoms with E-state index < -0.39 is 0 Å². The van der Waals surface area contributed by atoms with Crippen molar-refractivity contribution in [1.82, 2.24) is 20.0 Å². The Hall–Kier alpha value is -1.52. The first-order valence-electron chi connectivity index (χ1n) is 5.86. The van der Waals surface area contributed by atoms with E-state index >= 15 is 0 Å². The van der Waals surface area contributed by atoms with Crippen molar-refractivity contribution in [2.24, 2.45) is 0 Å². The first-order valence-corrected chi connectivity index (χ1v) is 5.86. The predicted molar refractivity (Wildman–Crippen MR) is 70.0 cm³/mol. The molecule has 0 saturated heterocycles. The van der Waals surface area contributed by atoms with Crippen LogP contribution >= 0.6 is 0 Å². The Labute approximate surface area is 101 Å². The molecule has 17 heavy (non-hydrogen) atoms. The number of hydrogen-bond donors (Lipinski definition) is 2. The Bertz CT molecular complexity index is 548. The summed E-state index contributed by atoms with van der Waals surface area (Å²) in [6.45, 7) is 12.7. The molecule has 0 atom stereocenters. The largest absolute Gasteiger partial charge is 0.383 e. The zero-order valence-electron chi connectivity index (χ0n) is 11.4. The molecular weight excluding hydrogens is 214 g/mol. The third-order valence-electron chi connectivity index (χ3n) is 2.76. The zero-order chi connectivity index (χ0) is 13.0. The van der Waals surface area contributed by atoms with Gasteiger partial charge >= 0.3 is 0 Å². The van der Waals surface area contributed by atoms with Gasteiger partial charge in [0.2, 0.25) is 0 Å². The van der Waals surface area contributed by atoms with Crippen LogP contribution < -0.4 is 5.73 Å². The van der Waals surface area contributed by atoms with Gasteiger partial charge in [-0.25, -0.2) is 4.68 Å². The number of nitrogen functional groups attached to an aromatic ring is 1. The molecule has 0 spiro atoms. The number of anilines is 1. The van der Waals surface area contributed by atoms with E-state index in [9.17, 15) is 0 Å². The van der Waals surface area contributed by atoms with Crippen LogP contribution in [0.3, 0.4) is 0 Å². The fourth-order valence-corrected chi connectivity index (χ4v) is 1.92. The minimum Gasteiger partial charge on any atom is -0.383 e. The quantitative estimate of drug-likeness (QED) is 0.736. The first kappa shape index (κ1) is 12.0. The molecule has 5 heteroatoms. The molecule has 0 bridgehead atoms. The van der Waals surface area contributed by atoms with E-state index in [1.807, 2.05) is 4.68 Å². The van der Waals surface area contributed by atoms with E-state index in [1.54, 1.807) is 0 Å². The van der Waals surface area contributed by atoms with E-state index in [1.165, 1.54) is 0 Å². The van der Waals surface area contributed by atoms with Gasteiger partial charge in [-0.1, -0.05) is 20.8 Å². The Morgan fingerprint density at radius 2 is 1.71 bits per heavy atom. The summed E-state index contributed by atoms with van der Waals surface area (Å²) in [6, 6.07) is 0. The van der Waals surface area contributed by atoms with Crippen molar-refractivity contribution in [3.8, 4) is 0 Å². The Morgan fingerprint density at radius 1 is 1.12 bits per heavy atom. The summed E-state index contributed by atoms with van der Waals surface area (Å²) < 4.78 is 1.94.